The van der Waals surface area contributed by atoms with Gasteiger partial charge in [-0.25, -0.2) is 4.98 Å². The predicted octanol–water partition coefficient (Wildman–Crippen LogP) is 1.78. The molecule has 0 saturated carbocycles. The monoisotopic (exact) mass is 177 g/mol. The molecule has 0 aliphatic carbocycles. The molecule has 0 N–H and O–H groups in total. The van der Waals surface area contributed by atoms with Crippen LogP contribution in [-0.2, 0) is 7.05 Å². The van der Waals surface area contributed by atoms with Crippen LogP contribution in [0.15, 0.2) is 35.2 Å². The maximum atomic E-state index is 5.25. The van der Waals surface area contributed by atoms with Crippen molar-refractivity contribution < 1.29 is 4.42 Å². The van der Waals surface area contributed by atoms with E-state index >= 15 is 0 Å². The van der Waals surface area contributed by atoms with Crippen molar-refractivity contribution in [1.29, 1.82) is 0 Å². The van der Waals surface area contributed by atoms with Crippen LogP contribution >= 0.6 is 0 Å². The third kappa shape index (κ3) is 1.30. The predicted molar refractivity (Wildman–Crippen MR) is 50.0 cm³/mol. The second-order valence-electron chi connectivity index (χ2n) is 2.85. The van der Waals surface area contributed by atoms with Crippen LogP contribution in [0.3, 0.4) is 0 Å². The molecule has 0 radical (unpaired) electrons. The van der Waals surface area contributed by atoms with E-state index in [1.807, 2.05) is 41.9 Å². The fraction of sp³-hybridized carbons (Fsp3) is 0.222. The summed E-state index contributed by atoms with van der Waals surface area (Å²) in [5, 5.41) is 0. The summed E-state index contributed by atoms with van der Waals surface area (Å²) in [4.78, 5) is 6.09. The molecule has 2 aromatic heterocycles. The molecule has 2 heterocycles. The standard InChI is InChI=1S/C9H11N3O/c1-11-6-5-10-9(11)12(2)8-4-3-7-13-8/h3-7H,1-2H3. The van der Waals surface area contributed by atoms with Crippen molar-refractivity contribution in [1.82, 2.24) is 9.55 Å². The van der Waals surface area contributed by atoms with Gasteiger partial charge in [0.15, 0.2) is 0 Å². The minimum Gasteiger partial charge on any atom is -0.448 e. The van der Waals surface area contributed by atoms with E-state index in [2.05, 4.69) is 4.98 Å². The van der Waals surface area contributed by atoms with Crippen LogP contribution in [0.1, 0.15) is 0 Å². The molecular weight excluding hydrogens is 166 g/mol. The minimum absolute atomic E-state index is 0.786. The van der Waals surface area contributed by atoms with Crippen molar-refractivity contribution in [3.05, 3.63) is 30.8 Å². The summed E-state index contributed by atoms with van der Waals surface area (Å²) in [7, 11) is 3.86. The maximum Gasteiger partial charge on any atom is 0.211 e. The van der Waals surface area contributed by atoms with Gasteiger partial charge in [0.25, 0.3) is 0 Å². The Kier molecular flexibility index (Phi) is 1.81. The highest BCUT2D eigenvalue weighted by atomic mass is 16.3. The number of anilines is 2. The van der Waals surface area contributed by atoms with E-state index in [1.165, 1.54) is 0 Å². The van der Waals surface area contributed by atoms with Crippen LogP contribution in [0, 0.1) is 0 Å². The Hall–Kier alpha value is -1.71. The molecule has 0 aliphatic heterocycles. The van der Waals surface area contributed by atoms with Gasteiger partial charge >= 0.3 is 0 Å². The lowest BCUT2D eigenvalue weighted by molar-refractivity contribution is 0.566. The molecule has 0 bridgehead atoms. The average molecular weight is 177 g/mol. The molecule has 2 rings (SSSR count). The Morgan fingerprint density at radius 1 is 1.54 bits per heavy atom. The van der Waals surface area contributed by atoms with E-state index in [0.717, 1.165) is 11.8 Å². The molecule has 0 spiro atoms. The number of hydrogen-bond donors (Lipinski definition) is 0. The zero-order chi connectivity index (χ0) is 9.26. The lowest BCUT2D eigenvalue weighted by atomic mass is 10.6. The first-order valence-corrected chi connectivity index (χ1v) is 4.03. The molecule has 0 fully saturated rings. The summed E-state index contributed by atoms with van der Waals surface area (Å²) >= 11 is 0. The summed E-state index contributed by atoms with van der Waals surface area (Å²) in [6.45, 7) is 0. The number of furan rings is 1. The van der Waals surface area contributed by atoms with Gasteiger partial charge in [-0.15, -0.1) is 0 Å². The van der Waals surface area contributed by atoms with Crippen LogP contribution in [0.4, 0.5) is 11.8 Å². The zero-order valence-corrected chi connectivity index (χ0v) is 7.64. The van der Waals surface area contributed by atoms with Crippen LogP contribution in [0.5, 0.6) is 0 Å². The van der Waals surface area contributed by atoms with E-state index in [9.17, 15) is 0 Å². The smallest absolute Gasteiger partial charge is 0.211 e. The van der Waals surface area contributed by atoms with Crippen molar-refractivity contribution in [2.24, 2.45) is 7.05 Å². The minimum atomic E-state index is 0.786. The number of aromatic nitrogens is 2. The van der Waals surface area contributed by atoms with Gasteiger partial charge in [0, 0.05) is 32.6 Å². The molecular formula is C9H11N3O. The van der Waals surface area contributed by atoms with E-state index in [4.69, 9.17) is 4.42 Å². The van der Waals surface area contributed by atoms with Gasteiger partial charge in [-0.05, 0) is 6.07 Å². The van der Waals surface area contributed by atoms with Crippen molar-refractivity contribution in [3.63, 3.8) is 0 Å². The summed E-state index contributed by atoms with van der Waals surface area (Å²) in [5.41, 5.74) is 0. The molecule has 4 nitrogen and oxygen atoms in total. The van der Waals surface area contributed by atoms with E-state index < -0.39 is 0 Å². The molecule has 68 valence electrons. The Morgan fingerprint density at radius 3 is 2.92 bits per heavy atom. The second-order valence-corrected chi connectivity index (χ2v) is 2.85. The van der Waals surface area contributed by atoms with Gasteiger partial charge in [-0.1, -0.05) is 0 Å². The SMILES string of the molecule is CN(c1ccco1)c1nccn1C. The first-order valence-electron chi connectivity index (χ1n) is 4.03. The van der Waals surface area contributed by atoms with E-state index in [-0.39, 0.29) is 0 Å². The fourth-order valence-electron chi connectivity index (χ4n) is 1.24. The first-order chi connectivity index (χ1) is 6.29. The number of aryl methyl sites for hydroxylation is 1. The van der Waals surface area contributed by atoms with Gasteiger partial charge in [-0.2, -0.15) is 0 Å². The zero-order valence-electron chi connectivity index (χ0n) is 7.64. The third-order valence-corrected chi connectivity index (χ3v) is 1.93. The maximum absolute atomic E-state index is 5.25. The Bertz CT molecular complexity index is 377. The lowest BCUT2D eigenvalue weighted by Crippen LogP contribution is -2.13. The molecule has 0 saturated heterocycles. The highest BCUT2D eigenvalue weighted by molar-refractivity contribution is 5.49. The van der Waals surface area contributed by atoms with Crippen LogP contribution in [-0.4, -0.2) is 16.6 Å². The molecule has 2 aromatic rings. The fourth-order valence-corrected chi connectivity index (χ4v) is 1.24. The average Bonchev–Trinajstić information content (AvgIpc) is 2.72. The molecule has 0 amide bonds. The van der Waals surface area contributed by atoms with Crippen LogP contribution < -0.4 is 4.90 Å². The highest BCUT2D eigenvalue weighted by Crippen LogP contribution is 2.20. The van der Waals surface area contributed by atoms with Crippen molar-refractivity contribution in [2.75, 3.05) is 11.9 Å². The number of imidazole rings is 1. The summed E-state index contributed by atoms with van der Waals surface area (Å²) in [5.74, 6) is 1.64. The summed E-state index contributed by atoms with van der Waals surface area (Å²) < 4.78 is 7.18. The molecule has 13 heavy (non-hydrogen) atoms. The number of rotatable bonds is 2. The number of hydrogen-bond acceptors (Lipinski definition) is 3. The van der Waals surface area contributed by atoms with E-state index in [0.29, 0.717) is 0 Å². The number of nitrogens with zero attached hydrogens (tertiary/aromatic N) is 3. The van der Waals surface area contributed by atoms with Gasteiger partial charge in [0.05, 0.1) is 6.26 Å². The molecule has 4 heteroatoms. The summed E-state index contributed by atoms with van der Waals surface area (Å²) in [6.07, 6.45) is 5.30. The summed E-state index contributed by atoms with van der Waals surface area (Å²) in [6, 6.07) is 3.75. The molecule has 0 atom stereocenters. The van der Waals surface area contributed by atoms with Crippen LogP contribution in [0.25, 0.3) is 0 Å². The van der Waals surface area contributed by atoms with Gasteiger partial charge in [0.2, 0.25) is 11.8 Å². The molecule has 0 aromatic carbocycles. The first kappa shape index (κ1) is 7.91. The second kappa shape index (κ2) is 2.97. The van der Waals surface area contributed by atoms with Gasteiger partial charge in [-0.3, -0.25) is 4.90 Å². The van der Waals surface area contributed by atoms with Gasteiger partial charge in [0.1, 0.15) is 0 Å². The topological polar surface area (TPSA) is 34.2 Å². The van der Waals surface area contributed by atoms with Crippen molar-refractivity contribution in [2.45, 2.75) is 0 Å². The highest BCUT2D eigenvalue weighted by Gasteiger charge is 2.09. The van der Waals surface area contributed by atoms with E-state index in [1.54, 1.807) is 12.5 Å². The van der Waals surface area contributed by atoms with Crippen molar-refractivity contribution in [3.8, 4) is 0 Å². The van der Waals surface area contributed by atoms with Crippen molar-refractivity contribution >= 4 is 11.8 Å². The third-order valence-electron chi connectivity index (χ3n) is 1.93. The molecule has 0 unspecified atom stereocenters. The Balaban J connectivity index is 2.33. The normalized spacial score (nSPS) is 10.3. The Morgan fingerprint density at radius 2 is 2.38 bits per heavy atom. The van der Waals surface area contributed by atoms with Crippen LogP contribution in [0.2, 0.25) is 0 Å². The van der Waals surface area contributed by atoms with Gasteiger partial charge < -0.3 is 8.98 Å². The lowest BCUT2D eigenvalue weighted by Gasteiger charge is -2.14. The largest absolute Gasteiger partial charge is 0.448 e. The quantitative estimate of drug-likeness (QED) is 0.701. The Labute approximate surface area is 76.4 Å². The molecule has 0 aliphatic rings.